The van der Waals surface area contributed by atoms with Crippen LogP contribution in [0.5, 0.6) is 5.75 Å². The van der Waals surface area contributed by atoms with Crippen LogP contribution in [0, 0.1) is 0 Å². The van der Waals surface area contributed by atoms with E-state index in [4.69, 9.17) is 9.47 Å². The van der Waals surface area contributed by atoms with Crippen molar-refractivity contribution in [1.82, 2.24) is 15.1 Å². The number of allylic oxidation sites excluding steroid dienone is 1. The zero-order valence-corrected chi connectivity index (χ0v) is 19.5. The van der Waals surface area contributed by atoms with E-state index in [0.29, 0.717) is 31.6 Å². The Kier molecular flexibility index (Phi) is 6.48. The Balaban J connectivity index is 1.16. The number of hydrogen-bond donors (Lipinski definition) is 1. The van der Waals surface area contributed by atoms with Gasteiger partial charge in [-0.2, -0.15) is 0 Å². The second-order valence-electron chi connectivity index (χ2n) is 8.77. The molecule has 1 aromatic heterocycles. The number of carbonyl (C=O) groups excluding carboxylic acids is 2. The maximum atomic E-state index is 12.9. The Bertz CT molecular complexity index is 1040. The molecule has 174 valence electrons. The molecule has 1 aromatic carbocycles. The zero-order chi connectivity index (χ0) is 22.8. The van der Waals surface area contributed by atoms with Crippen molar-refractivity contribution in [2.45, 2.75) is 38.5 Å². The summed E-state index contributed by atoms with van der Waals surface area (Å²) in [6.07, 6.45) is 2.33. The number of rotatable bonds is 7. The molecule has 0 spiro atoms. The van der Waals surface area contributed by atoms with Crippen LogP contribution in [-0.4, -0.2) is 60.5 Å². The molecule has 2 fully saturated rings. The van der Waals surface area contributed by atoms with Crippen LogP contribution in [0.25, 0.3) is 0 Å². The van der Waals surface area contributed by atoms with Crippen molar-refractivity contribution >= 4 is 23.2 Å². The Morgan fingerprint density at radius 3 is 2.73 bits per heavy atom. The summed E-state index contributed by atoms with van der Waals surface area (Å²) >= 11 is 1.55. The number of nitrogens with zero attached hydrogens (tertiary/aromatic N) is 2. The lowest BCUT2D eigenvalue weighted by Crippen LogP contribution is -2.49. The molecule has 1 N–H and O–H groups in total. The minimum absolute atomic E-state index is 0.0650. The van der Waals surface area contributed by atoms with E-state index in [9.17, 15) is 9.59 Å². The molecule has 5 rings (SSSR count). The van der Waals surface area contributed by atoms with Gasteiger partial charge in [-0.05, 0) is 37.0 Å². The summed E-state index contributed by atoms with van der Waals surface area (Å²) in [4.78, 5) is 30.4. The number of amides is 2. The fourth-order valence-corrected chi connectivity index (χ4v) is 5.56. The highest BCUT2D eigenvalue weighted by Gasteiger charge is 2.39. The summed E-state index contributed by atoms with van der Waals surface area (Å²) in [7, 11) is 0. The van der Waals surface area contributed by atoms with Gasteiger partial charge in [0.05, 0.1) is 18.8 Å². The largest absolute Gasteiger partial charge is 0.488 e. The Morgan fingerprint density at radius 1 is 1.18 bits per heavy atom. The number of thiophene rings is 1. The minimum Gasteiger partial charge on any atom is -0.488 e. The number of hydrogen-bond acceptors (Lipinski definition) is 6. The number of fused-ring (bicyclic) bond motifs is 1. The molecule has 7 nitrogen and oxygen atoms in total. The molecule has 4 heterocycles. The van der Waals surface area contributed by atoms with Gasteiger partial charge in [-0.25, -0.2) is 0 Å². The molecular weight excluding hydrogens is 438 g/mol. The molecule has 3 aliphatic heterocycles. The molecule has 2 saturated heterocycles. The van der Waals surface area contributed by atoms with Gasteiger partial charge in [0.25, 0.3) is 5.91 Å². The third-order valence-corrected chi connectivity index (χ3v) is 7.61. The van der Waals surface area contributed by atoms with Gasteiger partial charge in [0, 0.05) is 47.7 Å². The average molecular weight is 468 g/mol. The van der Waals surface area contributed by atoms with E-state index in [1.807, 2.05) is 17.5 Å². The summed E-state index contributed by atoms with van der Waals surface area (Å²) < 4.78 is 11.4. The molecule has 2 aromatic rings. The molecule has 33 heavy (non-hydrogen) atoms. The Hall–Kier alpha value is -2.68. The fourth-order valence-electron chi connectivity index (χ4n) is 4.62. The second-order valence-corrected chi connectivity index (χ2v) is 9.73. The summed E-state index contributed by atoms with van der Waals surface area (Å²) in [5.74, 6) is 0.614. The lowest BCUT2D eigenvalue weighted by molar-refractivity contribution is -0.126. The van der Waals surface area contributed by atoms with Gasteiger partial charge in [0.2, 0.25) is 5.91 Å². The SMILES string of the molecule is C=C1CC[C@H](N2Cc3c(csc3COc3ccc(CCN4CCOCC4)cc3)C2=O)C(=O)N1. The molecule has 3 aliphatic rings. The number of nitrogens with one attached hydrogen (secondary N) is 1. The van der Waals surface area contributed by atoms with Crippen LogP contribution in [0.2, 0.25) is 0 Å². The monoisotopic (exact) mass is 467 g/mol. The normalized spacial score (nSPS) is 21.3. The molecule has 0 bridgehead atoms. The van der Waals surface area contributed by atoms with Gasteiger partial charge in [0.1, 0.15) is 18.4 Å². The lowest BCUT2D eigenvalue weighted by atomic mass is 10.0. The van der Waals surface area contributed by atoms with E-state index in [0.717, 1.165) is 61.2 Å². The maximum Gasteiger partial charge on any atom is 0.256 e. The van der Waals surface area contributed by atoms with Crippen LogP contribution in [0.15, 0.2) is 41.9 Å². The molecule has 1 atom stereocenters. The van der Waals surface area contributed by atoms with Gasteiger partial charge < -0.3 is 19.7 Å². The average Bonchev–Trinajstić information content (AvgIpc) is 3.38. The quantitative estimate of drug-likeness (QED) is 0.678. The standard InChI is InChI=1S/C25H29N3O4S/c1-17-2-7-22(24(29)26-17)28-14-20-21(25(28)30)16-33-23(20)15-32-19-5-3-18(4-6-19)8-9-27-10-12-31-13-11-27/h3-6,16,22H,1-2,7-15H2,(H,26,29)/t22-/m0/s1. The molecule has 0 unspecified atom stereocenters. The van der Waals surface area contributed by atoms with Gasteiger partial charge in [-0.15, -0.1) is 11.3 Å². The Morgan fingerprint density at radius 2 is 1.97 bits per heavy atom. The first-order valence-electron chi connectivity index (χ1n) is 11.5. The highest BCUT2D eigenvalue weighted by molar-refractivity contribution is 7.10. The second kappa shape index (κ2) is 9.67. The number of carbonyl (C=O) groups is 2. The predicted octanol–water partition coefficient (Wildman–Crippen LogP) is 2.95. The van der Waals surface area contributed by atoms with Crippen LogP contribution in [-0.2, 0) is 29.1 Å². The van der Waals surface area contributed by atoms with Crippen molar-refractivity contribution in [3.63, 3.8) is 0 Å². The van der Waals surface area contributed by atoms with Crippen LogP contribution in [0.1, 0.15) is 39.2 Å². The van der Waals surface area contributed by atoms with Gasteiger partial charge >= 0.3 is 0 Å². The first-order chi connectivity index (χ1) is 16.1. The number of piperidine rings is 1. The van der Waals surface area contributed by atoms with Gasteiger partial charge in [-0.3, -0.25) is 14.5 Å². The summed E-state index contributed by atoms with van der Waals surface area (Å²) in [6.45, 7) is 9.41. The minimum atomic E-state index is -0.431. The number of morpholine rings is 1. The van der Waals surface area contributed by atoms with E-state index < -0.39 is 6.04 Å². The fraction of sp³-hybridized carbons (Fsp3) is 0.440. The molecule has 0 saturated carbocycles. The summed E-state index contributed by atoms with van der Waals surface area (Å²) in [5, 5.41) is 4.68. The predicted molar refractivity (Wildman–Crippen MR) is 126 cm³/mol. The third kappa shape index (κ3) is 4.83. The first kappa shape index (κ1) is 22.1. The molecule has 0 radical (unpaired) electrons. The first-order valence-corrected chi connectivity index (χ1v) is 12.4. The number of ether oxygens (including phenoxy) is 2. The zero-order valence-electron chi connectivity index (χ0n) is 18.7. The summed E-state index contributed by atoms with van der Waals surface area (Å²) in [6, 6.07) is 7.84. The van der Waals surface area contributed by atoms with E-state index in [1.54, 1.807) is 16.2 Å². The molecule has 0 aliphatic carbocycles. The van der Waals surface area contributed by atoms with E-state index in [1.165, 1.54) is 5.56 Å². The maximum absolute atomic E-state index is 12.9. The molecular formula is C25H29N3O4S. The topological polar surface area (TPSA) is 71.1 Å². The van der Waals surface area contributed by atoms with Crippen molar-refractivity contribution in [2.24, 2.45) is 0 Å². The lowest BCUT2D eigenvalue weighted by Gasteiger charge is -2.31. The smallest absolute Gasteiger partial charge is 0.256 e. The van der Waals surface area contributed by atoms with Crippen molar-refractivity contribution < 1.29 is 19.1 Å². The van der Waals surface area contributed by atoms with Crippen molar-refractivity contribution in [3.05, 3.63) is 63.5 Å². The molecule has 8 heteroatoms. The van der Waals surface area contributed by atoms with Crippen LogP contribution >= 0.6 is 11.3 Å². The van der Waals surface area contributed by atoms with Crippen molar-refractivity contribution in [1.29, 1.82) is 0 Å². The van der Waals surface area contributed by atoms with Crippen LogP contribution in [0.4, 0.5) is 0 Å². The van der Waals surface area contributed by atoms with E-state index in [2.05, 4.69) is 28.9 Å². The van der Waals surface area contributed by atoms with Gasteiger partial charge in [-0.1, -0.05) is 18.7 Å². The van der Waals surface area contributed by atoms with Crippen molar-refractivity contribution in [2.75, 3.05) is 32.8 Å². The van der Waals surface area contributed by atoms with Crippen LogP contribution in [0.3, 0.4) is 0 Å². The third-order valence-electron chi connectivity index (χ3n) is 6.61. The van der Waals surface area contributed by atoms with Crippen molar-refractivity contribution in [3.8, 4) is 5.75 Å². The summed E-state index contributed by atoms with van der Waals surface area (Å²) in [5.41, 5.74) is 3.71. The van der Waals surface area contributed by atoms with Crippen LogP contribution < -0.4 is 10.1 Å². The van der Waals surface area contributed by atoms with Gasteiger partial charge in [0.15, 0.2) is 0 Å². The highest BCUT2D eigenvalue weighted by atomic mass is 32.1. The number of benzene rings is 1. The highest BCUT2D eigenvalue weighted by Crippen LogP contribution is 2.34. The van der Waals surface area contributed by atoms with E-state index in [-0.39, 0.29) is 11.8 Å². The Labute approximate surface area is 198 Å². The molecule has 2 amide bonds. The van der Waals surface area contributed by atoms with E-state index >= 15 is 0 Å².